The van der Waals surface area contributed by atoms with Crippen LogP contribution in [0.4, 0.5) is 0 Å². The second-order valence-corrected chi connectivity index (χ2v) is 4.97. The van der Waals surface area contributed by atoms with Gasteiger partial charge in [0.15, 0.2) is 11.4 Å². The van der Waals surface area contributed by atoms with Gasteiger partial charge in [-0.05, 0) is 31.0 Å². The zero-order chi connectivity index (χ0) is 12.7. The first-order valence-corrected chi connectivity index (χ1v) is 6.44. The minimum Gasteiger partial charge on any atom is -0.493 e. The average Bonchev–Trinajstić information content (AvgIpc) is 2.28. The predicted octanol–water partition coefficient (Wildman–Crippen LogP) is 2.86. The van der Waals surface area contributed by atoms with Crippen LogP contribution in [0, 0.1) is 6.92 Å². The highest BCUT2D eigenvalue weighted by molar-refractivity contribution is 8.13. The molecule has 1 rings (SSSR count). The van der Waals surface area contributed by atoms with Gasteiger partial charge < -0.3 is 4.74 Å². The summed E-state index contributed by atoms with van der Waals surface area (Å²) in [4.78, 5) is 21.5. The van der Waals surface area contributed by atoms with Crippen LogP contribution in [0.2, 0.25) is 0 Å². The van der Waals surface area contributed by atoms with Crippen LogP contribution in [0.15, 0.2) is 18.2 Å². The van der Waals surface area contributed by atoms with Gasteiger partial charge >= 0.3 is 0 Å². The van der Waals surface area contributed by atoms with Crippen molar-refractivity contribution in [1.82, 2.24) is 0 Å². The molecule has 3 nitrogen and oxygen atoms in total. The fourth-order valence-corrected chi connectivity index (χ4v) is 1.87. The lowest BCUT2D eigenvalue weighted by Crippen LogP contribution is -2.02. The van der Waals surface area contributed by atoms with E-state index in [1.807, 2.05) is 19.1 Å². The van der Waals surface area contributed by atoms with E-state index in [4.69, 9.17) is 4.74 Å². The van der Waals surface area contributed by atoms with Gasteiger partial charge in [-0.15, -0.1) is 0 Å². The van der Waals surface area contributed by atoms with Crippen LogP contribution in [-0.2, 0) is 4.79 Å². The molecule has 0 amide bonds. The number of aryl methyl sites for hydroxylation is 1. The first kappa shape index (κ1) is 13.8. The Balaban J connectivity index is 2.42. The Morgan fingerprint density at radius 1 is 1.47 bits per heavy atom. The Hall–Kier alpha value is -1.29. The van der Waals surface area contributed by atoms with Crippen molar-refractivity contribution < 1.29 is 14.3 Å². The molecule has 0 heterocycles. The zero-order valence-electron chi connectivity index (χ0n) is 10.1. The first-order chi connectivity index (χ1) is 8.13. The van der Waals surface area contributed by atoms with E-state index >= 15 is 0 Å². The molecule has 4 heteroatoms. The molecule has 0 aliphatic heterocycles. The molecule has 0 radical (unpaired) electrons. The fraction of sp³-hybridized carbons (Fsp3) is 0.385. The highest BCUT2D eigenvalue weighted by Crippen LogP contribution is 2.18. The summed E-state index contributed by atoms with van der Waals surface area (Å²) < 4.78 is 5.53. The van der Waals surface area contributed by atoms with Gasteiger partial charge in [0.1, 0.15) is 5.75 Å². The lowest BCUT2D eigenvalue weighted by atomic mass is 10.1. The van der Waals surface area contributed by atoms with Crippen molar-refractivity contribution in [2.24, 2.45) is 0 Å². The van der Waals surface area contributed by atoms with Crippen molar-refractivity contribution in [2.45, 2.75) is 20.3 Å². The third kappa shape index (κ3) is 5.04. The maximum atomic E-state index is 10.8. The van der Waals surface area contributed by atoms with E-state index in [0.717, 1.165) is 24.0 Å². The Morgan fingerprint density at radius 2 is 2.24 bits per heavy atom. The molecule has 0 aromatic heterocycles. The monoisotopic (exact) mass is 252 g/mol. The van der Waals surface area contributed by atoms with E-state index in [1.54, 1.807) is 13.0 Å². The van der Waals surface area contributed by atoms with Crippen LogP contribution < -0.4 is 4.74 Å². The van der Waals surface area contributed by atoms with Gasteiger partial charge in [-0.25, -0.2) is 0 Å². The molecule has 0 bridgehead atoms. The van der Waals surface area contributed by atoms with E-state index < -0.39 is 0 Å². The van der Waals surface area contributed by atoms with Crippen LogP contribution in [0.5, 0.6) is 5.75 Å². The third-order valence-electron chi connectivity index (χ3n) is 2.15. The molecule has 0 N–H and O–H groups in total. The van der Waals surface area contributed by atoms with E-state index in [-0.39, 0.29) is 5.12 Å². The minimum absolute atomic E-state index is 0.120. The number of carbonyl (C=O) groups is 2. The molecule has 1 aromatic carbocycles. The number of aldehydes is 1. The first-order valence-electron chi connectivity index (χ1n) is 5.45. The molecule has 17 heavy (non-hydrogen) atoms. The Labute approximate surface area is 106 Å². The minimum atomic E-state index is 0.120. The quantitative estimate of drug-likeness (QED) is 0.577. The van der Waals surface area contributed by atoms with Gasteiger partial charge in [0, 0.05) is 12.7 Å². The molecular weight excluding hydrogens is 236 g/mol. The standard InChI is InChI=1S/C13H16O3S/c1-10-4-5-12(9-14)13(8-10)16-6-3-7-17-11(2)15/h4-5,8-9H,3,6-7H2,1-2H3. The summed E-state index contributed by atoms with van der Waals surface area (Å²) in [6, 6.07) is 5.48. The highest BCUT2D eigenvalue weighted by Gasteiger charge is 2.03. The van der Waals surface area contributed by atoms with E-state index in [0.29, 0.717) is 17.9 Å². The average molecular weight is 252 g/mol. The molecule has 0 aliphatic carbocycles. The summed E-state index contributed by atoms with van der Waals surface area (Å²) in [5, 5.41) is 0.120. The van der Waals surface area contributed by atoms with Crippen LogP contribution in [0.25, 0.3) is 0 Å². The van der Waals surface area contributed by atoms with E-state index in [9.17, 15) is 9.59 Å². The van der Waals surface area contributed by atoms with Gasteiger partial charge in [0.25, 0.3) is 0 Å². The summed E-state index contributed by atoms with van der Waals surface area (Å²) in [5.74, 6) is 1.37. The lowest BCUT2D eigenvalue weighted by Gasteiger charge is -2.08. The van der Waals surface area contributed by atoms with Crippen molar-refractivity contribution in [3.63, 3.8) is 0 Å². The SMILES string of the molecule is CC(=O)SCCCOc1cc(C)ccc1C=O. The smallest absolute Gasteiger partial charge is 0.185 e. The fourth-order valence-electron chi connectivity index (χ4n) is 1.32. The Bertz CT molecular complexity index is 402. The molecular formula is C13H16O3S. The summed E-state index contributed by atoms with van der Waals surface area (Å²) in [6.07, 6.45) is 1.58. The van der Waals surface area contributed by atoms with Crippen molar-refractivity contribution >= 4 is 23.2 Å². The largest absolute Gasteiger partial charge is 0.493 e. The molecule has 0 unspecified atom stereocenters. The maximum Gasteiger partial charge on any atom is 0.185 e. The highest BCUT2D eigenvalue weighted by atomic mass is 32.2. The van der Waals surface area contributed by atoms with Crippen molar-refractivity contribution in [3.05, 3.63) is 29.3 Å². The zero-order valence-corrected chi connectivity index (χ0v) is 10.9. The van der Waals surface area contributed by atoms with Gasteiger partial charge in [0.2, 0.25) is 0 Å². The predicted molar refractivity (Wildman–Crippen MR) is 69.8 cm³/mol. The third-order valence-corrected chi connectivity index (χ3v) is 3.05. The maximum absolute atomic E-state index is 10.8. The lowest BCUT2D eigenvalue weighted by molar-refractivity contribution is -0.109. The molecule has 0 saturated carbocycles. The number of benzene rings is 1. The number of thioether (sulfide) groups is 1. The molecule has 1 aromatic rings. The number of hydrogen-bond acceptors (Lipinski definition) is 4. The molecule has 0 saturated heterocycles. The molecule has 0 aliphatic rings. The summed E-state index contributed by atoms with van der Waals surface area (Å²) in [6.45, 7) is 4.02. The van der Waals surface area contributed by atoms with Crippen LogP contribution in [0.3, 0.4) is 0 Å². The molecule has 0 fully saturated rings. The normalized spacial score (nSPS) is 10.0. The second kappa shape index (κ2) is 7.12. The van der Waals surface area contributed by atoms with Gasteiger partial charge in [-0.3, -0.25) is 9.59 Å². The van der Waals surface area contributed by atoms with Gasteiger partial charge in [-0.2, -0.15) is 0 Å². The Morgan fingerprint density at radius 3 is 2.88 bits per heavy atom. The Kier molecular flexibility index (Phi) is 5.77. The van der Waals surface area contributed by atoms with Gasteiger partial charge in [0.05, 0.1) is 12.2 Å². The molecule has 0 atom stereocenters. The van der Waals surface area contributed by atoms with Crippen molar-refractivity contribution in [2.75, 3.05) is 12.4 Å². The van der Waals surface area contributed by atoms with Crippen molar-refractivity contribution in [3.8, 4) is 5.75 Å². The summed E-state index contributed by atoms with van der Waals surface area (Å²) in [7, 11) is 0. The summed E-state index contributed by atoms with van der Waals surface area (Å²) in [5.41, 5.74) is 1.62. The second-order valence-electron chi connectivity index (χ2n) is 3.70. The van der Waals surface area contributed by atoms with E-state index in [2.05, 4.69) is 0 Å². The van der Waals surface area contributed by atoms with E-state index in [1.165, 1.54) is 11.8 Å². The summed E-state index contributed by atoms with van der Waals surface area (Å²) >= 11 is 1.29. The molecule has 92 valence electrons. The van der Waals surface area contributed by atoms with Crippen LogP contribution in [-0.4, -0.2) is 23.8 Å². The number of ether oxygens (including phenoxy) is 1. The van der Waals surface area contributed by atoms with Crippen LogP contribution in [0.1, 0.15) is 29.3 Å². The van der Waals surface area contributed by atoms with Crippen molar-refractivity contribution in [1.29, 1.82) is 0 Å². The topological polar surface area (TPSA) is 43.4 Å². The number of hydrogen-bond donors (Lipinski definition) is 0. The van der Waals surface area contributed by atoms with Crippen LogP contribution >= 0.6 is 11.8 Å². The van der Waals surface area contributed by atoms with Gasteiger partial charge in [-0.1, -0.05) is 17.8 Å². The number of rotatable bonds is 6. The number of carbonyl (C=O) groups excluding carboxylic acids is 2. The molecule has 0 spiro atoms.